The second-order valence-corrected chi connectivity index (χ2v) is 10.8. The van der Waals surface area contributed by atoms with Gasteiger partial charge in [-0.3, -0.25) is 9.59 Å². The van der Waals surface area contributed by atoms with Gasteiger partial charge in [0.15, 0.2) is 0 Å². The van der Waals surface area contributed by atoms with E-state index in [4.69, 9.17) is 0 Å². The summed E-state index contributed by atoms with van der Waals surface area (Å²) in [5.74, 6) is 0.399. The molecule has 1 N–H and O–H groups in total. The maximum Gasteiger partial charge on any atom is 0.274 e. The van der Waals surface area contributed by atoms with Crippen LogP contribution in [0.5, 0.6) is 0 Å². The van der Waals surface area contributed by atoms with Crippen LogP contribution in [0, 0.1) is 19.8 Å². The van der Waals surface area contributed by atoms with Crippen LogP contribution in [-0.2, 0) is 0 Å². The van der Waals surface area contributed by atoms with Crippen LogP contribution in [-0.4, -0.2) is 40.3 Å². The zero-order chi connectivity index (χ0) is 22.4. The van der Waals surface area contributed by atoms with Crippen molar-refractivity contribution >= 4 is 39.1 Å². The van der Waals surface area contributed by atoms with E-state index in [0.717, 1.165) is 38.3 Å². The normalized spacial score (nSPS) is 21.3. The van der Waals surface area contributed by atoms with Crippen LogP contribution < -0.4 is 5.32 Å². The molecule has 2 fully saturated rings. The molecule has 5 rings (SSSR count). The first-order valence-corrected chi connectivity index (χ1v) is 12.4. The number of nitrogens with zero attached hydrogens (tertiary/aromatic N) is 2. The predicted octanol–water partition coefficient (Wildman–Crippen LogP) is 5.22. The molecule has 0 spiro atoms. The van der Waals surface area contributed by atoms with Crippen molar-refractivity contribution < 1.29 is 9.59 Å². The number of hydrogen-bond donors (Lipinski definition) is 1. The maximum absolute atomic E-state index is 13.7. The highest BCUT2D eigenvalue weighted by molar-refractivity contribution is 9.10. The molecule has 3 atom stereocenters. The average molecular weight is 510 g/mol. The van der Waals surface area contributed by atoms with Crippen molar-refractivity contribution in [1.29, 1.82) is 0 Å². The summed E-state index contributed by atoms with van der Waals surface area (Å²) in [5, 5.41) is 3.92. The molecule has 1 unspecified atom stereocenters. The van der Waals surface area contributed by atoms with Crippen LogP contribution in [0.25, 0.3) is 10.4 Å². The molecular weight excluding hydrogens is 486 g/mol. The Hall–Kier alpha value is -2.51. The number of aryl methyl sites for hydroxylation is 2. The van der Waals surface area contributed by atoms with Crippen molar-refractivity contribution in [2.45, 2.75) is 38.8 Å². The van der Waals surface area contributed by atoms with Gasteiger partial charge in [0.2, 0.25) is 0 Å². The first kappa shape index (κ1) is 21.3. The lowest BCUT2D eigenvalue weighted by Crippen LogP contribution is -2.45. The molecule has 2 aliphatic rings. The van der Waals surface area contributed by atoms with Gasteiger partial charge in [0.1, 0.15) is 5.69 Å². The van der Waals surface area contributed by atoms with Crippen molar-refractivity contribution in [2.24, 2.45) is 5.92 Å². The molecule has 1 aromatic heterocycles. The summed E-state index contributed by atoms with van der Waals surface area (Å²) in [5.41, 5.74) is 3.33. The molecular formula is C25H24BrN3O2S. The number of aromatic nitrogens is 1. The number of hydrogen-bond acceptors (Lipinski definition) is 4. The van der Waals surface area contributed by atoms with Gasteiger partial charge in [0.05, 0.1) is 15.9 Å². The minimum absolute atomic E-state index is 0.00489. The van der Waals surface area contributed by atoms with Crippen LogP contribution in [0.2, 0.25) is 0 Å². The number of piperidine rings is 1. The van der Waals surface area contributed by atoms with Crippen LogP contribution >= 0.6 is 27.3 Å². The smallest absolute Gasteiger partial charge is 0.274 e. The Morgan fingerprint density at radius 2 is 1.97 bits per heavy atom. The van der Waals surface area contributed by atoms with Gasteiger partial charge in [-0.05, 0) is 56.4 Å². The number of fused-ring (bicyclic) bond motifs is 1. The summed E-state index contributed by atoms with van der Waals surface area (Å²) in [6, 6.07) is 15.8. The predicted molar refractivity (Wildman–Crippen MR) is 130 cm³/mol. The summed E-state index contributed by atoms with van der Waals surface area (Å²) < 4.78 is 0.867. The van der Waals surface area contributed by atoms with Crippen LogP contribution in [0.3, 0.4) is 0 Å². The number of benzene rings is 2. The molecule has 2 amide bonds. The van der Waals surface area contributed by atoms with E-state index in [2.05, 4.69) is 45.3 Å². The number of carbonyl (C=O) groups excluding carboxylic acids is 2. The number of nitrogens with one attached hydrogen (secondary N) is 1. The first-order valence-electron chi connectivity index (χ1n) is 10.8. The molecule has 0 bridgehead atoms. The molecule has 164 valence electrons. The zero-order valence-corrected chi connectivity index (χ0v) is 20.4. The van der Waals surface area contributed by atoms with Gasteiger partial charge in [-0.25, -0.2) is 4.98 Å². The Bertz CT molecular complexity index is 1210. The summed E-state index contributed by atoms with van der Waals surface area (Å²) in [4.78, 5) is 33.9. The fraction of sp³-hybridized carbons (Fsp3) is 0.320. The monoisotopic (exact) mass is 509 g/mol. The molecule has 2 aromatic carbocycles. The molecule has 1 saturated carbocycles. The van der Waals surface area contributed by atoms with E-state index >= 15 is 0 Å². The van der Waals surface area contributed by atoms with E-state index in [1.54, 1.807) is 23.5 Å². The molecule has 1 aliphatic carbocycles. The highest BCUT2D eigenvalue weighted by Gasteiger charge is 2.54. The van der Waals surface area contributed by atoms with E-state index < -0.39 is 0 Å². The number of rotatable bonds is 5. The third-order valence-electron chi connectivity index (χ3n) is 6.25. The van der Waals surface area contributed by atoms with Gasteiger partial charge in [0, 0.05) is 22.6 Å². The molecule has 1 saturated heterocycles. The third-order valence-corrected chi connectivity index (χ3v) is 7.76. The lowest BCUT2D eigenvalue weighted by atomic mass is 10.1. The second kappa shape index (κ2) is 8.45. The molecule has 2 heterocycles. The highest BCUT2D eigenvalue weighted by atomic mass is 79.9. The van der Waals surface area contributed by atoms with Crippen molar-refractivity contribution in [3.8, 4) is 10.4 Å². The Morgan fingerprint density at radius 1 is 1.16 bits per heavy atom. The minimum atomic E-state index is -0.121. The van der Waals surface area contributed by atoms with Gasteiger partial charge >= 0.3 is 0 Å². The second-order valence-electron chi connectivity index (χ2n) is 8.67. The van der Waals surface area contributed by atoms with Crippen LogP contribution in [0.4, 0.5) is 0 Å². The number of halogens is 1. The van der Waals surface area contributed by atoms with Crippen molar-refractivity contribution in [3.05, 3.63) is 74.8 Å². The standard InChI is InChI=1S/C25H24BrN3O2S/c1-14-5-3-6-16(9-14)23-22(28-15(2)32-23)25(31)29-20(11-18-12-21(18)29)13-27-24(30)17-7-4-8-19(26)10-17/h3-10,18,20-21H,11-13H2,1-2H3,(H,27,30)/t18-,20+,21?/m1/s1. The van der Waals surface area contributed by atoms with E-state index in [0.29, 0.717) is 23.7 Å². The third kappa shape index (κ3) is 4.11. The fourth-order valence-electron chi connectivity index (χ4n) is 4.68. The Kier molecular flexibility index (Phi) is 5.63. The summed E-state index contributed by atoms with van der Waals surface area (Å²) in [6.45, 7) is 4.45. The lowest BCUT2D eigenvalue weighted by molar-refractivity contribution is 0.0684. The molecule has 32 heavy (non-hydrogen) atoms. The topological polar surface area (TPSA) is 62.3 Å². The Labute approximate surface area is 200 Å². The molecule has 0 radical (unpaired) electrons. The van der Waals surface area contributed by atoms with Crippen molar-refractivity contribution in [1.82, 2.24) is 15.2 Å². The molecule has 3 aromatic rings. The molecule has 1 aliphatic heterocycles. The van der Waals surface area contributed by atoms with E-state index in [9.17, 15) is 9.59 Å². The first-order chi connectivity index (χ1) is 15.4. The van der Waals surface area contributed by atoms with E-state index in [-0.39, 0.29) is 23.9 Å². The van der Waals surface area contributed by atoms with Gasteiger partial charge in [-0.1, -0.05) is 51.8 Å². The average Bonchev–Trinajstić information content (AvgIpc) is 3.26. The Morgan fingerprint density at radius 3 is 2.75 bits per heavy atom. The fourth-order valence-corrected chi connectivity index (χ4v) is 5.98. The highest BCUT2D eigenvalue weighted by Crippen LogP contribution is 2.48. The number of amides is 2. The van der Waals surface area contributed by atoms with Gasteiger partial charge in [-0.2, -0.15) is 0 Å². The number of carbonyl (C=O) groups is 2. The van der Waals surface area contributed by atoms with Crippen LogP contribution in [0.1, 0.15) is 44.3 Å². The summed E-state index contributed by atoms with van der Waals surface area (Å²) >= 11 is 4.97. The maximum atomic E-state index is 13.7. The van der Waals surface area contributed by atoms with E-state index in [1.807, 2.05) is 36.1 Å². The van der Waals surface area contributed by atoms with Gasteiger partial charge in [-0.15, -0.1) is 11.3 Å². The zero-order valence-electron chi connectivity index (χ0n) is 18.0. The summed E-state index contributed by atoms with van der Waals surface area (Å²) in [6.07, 6.45) is 1.97. The molecule has 7 heteroatoms. The molecule has 5 nitrogen and oxygen atoms in total. The van der Waals surface area contributed by atoms with E-state index in [1.165, 1.54) is 0 Å². The SMILES string of the molecule is Cc1cccc(-c2sc(C)nc2C(=O)N2C3C[C@H]3C[C@H]2CNC(=O)c2cccc(Br)c2)c1. The Balaban J connectivity index is 1.36. The van der Waals surface area contributed by atoms with Crippen LogP contribution in [0.15, 0.2) is 53.0 Å². The van der Waals surface area contributed by atoms with Crippen molar-refractivity contribution in [3.63, 3.8) is 0 Å². The van der Waals surface area contributed by atoms with Crippen molar-refractivity contribution in [2.75, 3.05) is 6.54 Å². The largest absolute Gasteiger partial charge is 0.350 e. The number of thiazole rings is 1. The lowest BCUT2D eigenvalue weighted by Gasteiger charge is -2.27. The quantitative estimate of drug-likeness (QED) is 0.512. The summed E-state index contributed by atoms with van der Waals surface area (Å²) in [7, 11) is 0. The minimum Gasteiger partial charge on any atom is -0.350 e. The van der Waals surface area contributed by atoms with Gasteiger partial charge < -0.3 is 10.2 Å². The van der Waals surface area contributed by atoms with Gasteiger partial charge in [0.25, 0.3) is 11.8 Å². The number of likely N-dealkylation sites (tertiary alicyclic amines) is 1.